The van der Waals surface area contributed by atoms with Crippen molar-refractivity contribution in [3.63, 3.8) is 0 Å². The largest absolute Gasteiger partial charge is 0.749 e. The van der Waals surface area contributed by atoms with Gasteiger partial charge in [-0.05, 0) is 19.1 Å². The van der Waals surface area contributed by atoms with E-state index < -0.39 is 8.25 Å². The van der Waals surface area contributed by atoms with Crippen molar-refractivity contribution in [2.24, 2.45) is 0 Å². The second-order valence-electron chi connectivity index (χ2n) is 2.31. The number of rotatable bonds is 3. The van der Waals surface area contributed by atoms with Gasteiger partial charge in [0, 0.05) is 4.57 Å². The second kappa shape index (κ2) is 7.48. The van der Waals surface area contributed by atoms with E-state index in [4.69, 9.17) is 4.52 Å². The summed E-state index contributed by atoms with van der Waals surface area (Å²) in [6, 6.07) is 7.27. The van der Waals surface area contributed by atoms with Crippen LogP contribution < -0.4 is 4.52 Å². The number of aryl methyl sites for hydroxylation is 1. The number of benzene rings is 1. The molecular weight excluding hydrogens is 199 g/mol. The van der Waals surface area contributed by atoms with Gasteiger partial charge in [0.15, 0.2) is 5.75 Å². The molecule has 0 aliphatic rings. The van der Waals surface area contributed by atoms with Gasteiger partial charge in [-0.1, -0.05) is 32.5 Å². The Morgan fingerprint density at radius 2 is 1.64 bits per heavy atom. The fourth-order valence-electron chi connectivity index (χ4n) is 0.722. The van der Waals surface area contributed by atoms with Crippen LogP contribution in [0.3, 0.4) is 0 Å². The van der Waals surface area contributed by atoms with Gasteiger partial charge in [-0.25, -0.2) is 4.52 Å². The van der Waals surface area contributed by atoms with Gasteiger partial charge in [-0.3, -0.25) is 0 Å². The van der Waals surface area contributed by atoms with Gasteiger partial charge in [-0.15, -0.1) is 4.52 Å². The molecule has 0 saturated carbocycles. The summed E-state index contributed by atoms with van der Waals surface area (Å²) in [6.07, 6.45) is 0. The monoisotopic (exact) mass is 217 g/mol. The van der Waals surface area contributed by atoms with Gasteiger partial charge in [-0.2, -0.15) is 0 Å². The third kappa shape index (κ3) is 4.95. The zero-order valence-corrected chi connectivity index (χ0v) is 7.88. The lowest BCUT2D eigenvalue weighted by Crippen LogP contribution is -1.82. The molecule has 80 valence electrons. The maximum atomic E-state index is 10.8. The van der Waals surface area contributed by atoms with Gasteiger partial charge in [0.05, 0.1) is 7.11 Å². The van der Waals surface area contributed by atoms with E-state index >= 15 is 0 Å². The molecular formula is C10H18O3P+. The molecule has 4 heteroatoms. The summed E-state index contributed by atoms with van der Waals surface area (Å²) >= 11 is 0. The summed E-state index contributed by atoms with van der Waals surface area (Å²) in [7, 11) is -0.674. The minimum atomic E-state index is -2.01. The Bertz CT molecular complexity index is 269. The van der Waals surface area contributed by atoms with Crippen LogP contribution in [0.1, 0.15) is 20.4 Å². The molecule has 14 heavy (non-hydrogen) atoms. The Morgan fingerprint density at radius 3 is 2.07 bits per heavy atom. The van der Waals surface area contributed by atoms with Crippen LogP contribution in [-0.4, -0.2) is 7.11 Å². The van der Waals surface area contributed by atoms with E-state index in [0.29, 0.717) is 5.75 Å². The van der Waals surface area contributed by atoms with E-state index in [1.54, 1.807) is 12.1 Å². The molecule has 0 aliphatic heterocycles. The minimum absolute atomic E-state index is 0. The first-order chi connectivity index (χ1) is 5.72. The van der Waals surface area contributed by atoms with E-state index in [-0.39, 0.29) is 14.9 Å². The van der Waals surface area contributed by atoms with Crippen LogP contribution in [0.15, 0.2) is 24.3 Å². The molecule has 0 heterocycles. The van der Waals surface area contributed by atoms with Gasteiger partial charge in [0.25, 0.3) is 0 Å². The Hall–Kier alpha value is -0.920. The smallest absolute Gasteiger partial charge is 0.229 e. The maximum absolute atomic E-state index is 10.8. The van der Waals surface area contributed by atoms with Crippen molar-refractivity contribution < 1.29 is 13.6 Å². The van der Waals surface area contributed by atoms with Gasteiger partial charge in [0.1, 0.15) is 0 Å². The second-order valence-corrected chi connectivity index (χ2v) is 3.31. The number of hydrogen-bond donors (Lipinski definition) is 0. The lowest BCUT2D eigenvalue weighted by Gasteiger charge is -1.92. The summed E-state index contributed by atoms with van der Waals surface area (Å²) in [4.78, 5) is 0. The zero-order chi connectivity index (χ0) is 8.97. The van der Waals surface area contributed by atoms with Crippen LogP contribution in [-0.2, 0) is 9.09 Å². The summed E-state index contributed by atoms with van der Waals surface area (Å²) in [5, 5.41) is 0. The van der Waals surface area contributed by atoms with E-state index in [2.05, 4.69) is 4.52 Å². The standard InChI is InChI=1S/C8H10O3P.2CH4/c1-7-3-5-8(6-4-7)11-12(9)10-2;;/h3-6H,1-2H3;2*1H4/q+1;;. The normalized spacial score (nSPS) is 9.43. The first-order valence-corrected chi connectivity index (χ1v) is 4.58. The van der Waals surface area contributed by atoms with Crippen molar-refractivity contribution in [1.29, 1.82) is 0 Å². The molecule has 0 fully saturated rings. The Morgan fingerprint density at radius 1 is 1.14 bits per heavy atom. The molecule has 0 bridgehead atoms. The van der Waals surface area contributed by atoms with Crippen molar-refractivity contribution in [3.05, 3.63) is 29.8 Å². The van der Waals surface area contributed by atoms with E-state index in [1.807, 2.05) is 19.1 Å². The molecule has 1 atom stereocenters. The SMILES string of the molecule is C.C.CO[P+](=O)Oc1ccc(C)cc1. The molecule has 1 unspecified atom stereocenters. The molecule has 1 rings (SSSR count). The van der Waals surface area contributed by atoms with Crippen molar-refractivity contribution in [3.8, 4) is 5.75 Å². The average Bonchev–Trinajstić information content (AvgIpc) is 2.09. The van der Waals surface area contributed by atoms with Crippen molar-refractivity contribution in [1.82, 2.24) is 0 Å². The molecule has 0 radical (unpaired) electrons. The highest BCUT2D eigenvalue weighted by atomic mass is 31.1. The maximum Gasteiger partial charge on any atom is 0.749 e. The van der Waals surface area contributed by atoms with E-state index in [0.717, 1.165) is 5.56 Å². The van der Waals surface area contributed by atoms with Crippen molar-refractivity contribution >= 4 is 8.25 Å². The molecule has 1 aromatic rings. The third-order valence-electron chi connectivity index (χ3n) is 1.35. The van der Waals surface area contributed by atoms with Crippen molar-refractivity contribution in [2.45, 2.75) is 21.8 Å². The Balaban J connectivity index is 0. The minimum Gasteiger partial charge on any atom is -0.229 e. The first-order valence-electron chi connectivity index (χ1n) is 3.48. The van der Waals surface area contributed by atoms with Crippen LogP contribution in [0.25, 0.3) is 0 Å². The molecule has 0 N–H and O–H groups in total. The molecule has 0 aliphatic carbocycles. The quantitative estimate of drug-likeness (QED) is 0.719. The van der Waals surface area contributed by atoms with Crippen LogP contribution in [0.4, 0.5) is 0 Å². The average molecular weight is 217 g/mol. The summed E-state index contributed by atoms with van der Waals surface area (Å²) in [5.41, 5.74) is 1.13. The van der Waals surface area contributed by atoms with Crippen molar-refractivity contribution in [2.75, 3.05) is 7.11 Å². The highest BCUT2D eigenvalue weighted by molar-refractivity contribution is 7.33. The van der Waals surface area contributed by atoms with E-state index in [9.17, 15) is 4.57 Å². The molecule has 0 aromatic heterocycles. The summed E-state index contributed by atoms with van der Waals surface area (Å²) in [6.45, 7) is 1.97. The number of hydrogen-bond acceptors (Lipinski definition) is 3. The highest BCUT2D eigenvalue weighted by Crippen LogP contribution is 2.26. The van der Waals surface area contributed by atoms with Gasteiger partial charge >= 0.3 is 8.25 Å². The van der Waals surface area contributed by atoms with Gasteiger partial charge < -0.3 is 0 Å². The molecule has 0 spiro atoms. The Kier molecular flexibility index (Phi) is 8.31. The predicted molar refractivity (Wildman–Crippen MR) is 59.9 cm³/mol. The Labute approximate surface area is 87.0 Å². The fraction of sp³-hybridized carbons (Fsp3) is 0.400. The fourth-order valence-corrected chi connectivity index (χ4v) is 1.09. The lowest BCUT2D eigenvalue weighted by molar-refractivity contribution is 0.349. The van der Waals surface area contributed by atoms with Crippen LogP contribution in [0.2, 0.25) is 0 Å². The molecule has 3 nitrogen and oxygen atoms in total. The topological polar surface area (TPSA) is 35.5 Å². The molecule has 0 saturated heterocycles. The summed E-state index contributed by atoms with van der Waals surface area (Å²) in [5.74, 6) is 0.559. The lowest BCUT2D eigenvalue weighted by atomic mass is 10.2. The van der Waals surface area contributed by atoms with Crippen LogP contribution >= 0.6 is 8.25 Å². The predicted octanol–water partition coefficient (Wildman–Crippen LogP) is 3.95. The molecule has 0 amide bonds. The molecule has 1 aromatic carbocycles. The van der Waals surface area contributed by atoms with Crippen LogP contribution in [0, 0.1) is 6.92 Å². The first kappa shape index (κ1) is 15.5. The van der Waals surface area contributed by atoms with Crippen LogP contribution in [0.5, 0.6) is 5.75 Å². The summed E-state index contributed by atoms with van der Waals surface area (Å²) < 4.78 is 20.1. The van der Waals surface area contributed by atoms with Gasteiger partial charge in [0.2, 0.25) is 0 Å². The highest BCUT2D eigenvalue weighted by Gasteiger charge is 2.18. The third-order valence-corrected chi connectivity index (χ3v) is 2.01. The zero-order valence-electron chi connectivity index (χ0n) is 6.98. The van der Waals surface area contributed by atoms with E-state index in [1.165, 1.54) is 7.11 Å².